The molecule has 3 atom stereocenters. The molecule has 2 aromatic rings. The fraction of sp³-hybridized carbons (Fsp3) is 0.423. The molecule has 1 aliphatic carbocycles. The number of benzene rings is 2. The van der Waals surface area contributed by atoms with E-state index in [2.05, 4.69) is 20.8 Å². The lowest BCUT2D eigenvalue weighted by Gasteiger charge is -2.37. The van der Waals surface area contributed by atoms with E-state index in [4.69, 9.17) is 4.74 Å². The number of hydrogen-bond donors (Lipinski definition) is 0. The molecule has 158 valence electrons. The van der Waals surface area contributed by atoms with Crippen molar-refractivity contribution in [2.45, 2.75) is 46.1 Å². The third-order valence-electron chi connectivity index (χ3n) is 6.11. The molecule has 2 aromatic carbocycles. The molecule has 0 aliphatic heterocycles. The summed E-state index contributed by atoms with van der Waals surface area (Å²) < 4.78 is 5.90. The van der Waals surface area contributed by atoms with Crippen LogP contribution in [0.3, 0.4) is 0 Å². The Bertz CT molecular complexity index is 821. The zero-order valence-electron chi connectivity index (χ0n) is 17.9. The Balaban J connectivity index is 1.90. The van der Waals surface area contributed by atoms with Crippen molar-refractivity contribution in [3.8, 4) is 0 Å². The zero-order valence-corrected chi connectivity index (χ0v) is 17.9. The van der Waals surface area contributed by atoms with Crippen LogP contribution >= 0.6 is 0 Å². The topological polar surface area (TPSA) is 60.4 Å². The van der Waals surface area contributed by atoms with Crippen LogP contribution in [-0.2, 0) is 9.53 Å². The second-order valence-electron chi connectivity index (χ2n) is 8.69. The summed E-state index contributed by atoms with van der Waals surface area (Å²) in [5, 5.41) is 0. The largest absolute Gasteiger partial charge is 0.461 e. The number of carbonyl (C=O) groups excluding carboxylic acids is 3. The molecule has 1 aliphatic rings. The van der Waals surface area contributed by atoms with Gasteiger partial charge in [0.15, 0.2) is 17.5 Å². The number of ketones is 2. The van der Waals surface area contributed by atoms with E-state index in [0.717, 1.165) is 19.3 Å². The van der Waals surface area contributed by atoms with Crippen LogP contribution in [0.25, 0.3) is 0 Å². The van der Waals surface area contributed by atoms with E-state index in [1.165, 1.54) is 0 Å². The van der Waals surface area contributed by atoms with Gasteiger partial charge in [-0.15, -0.1) is 0 Å². The van der Waals surface area contributed by atoms with E-state index in [1.54, 1.807) is 60.7 Å². The van der Waals surface area contributed by atoms with Gasteiger partial charge in [-0.3, -0.25) is 14.4 Å². The second kappa shape index (κ2) is 9.84. The van der Waals surface area contributed by atoms with Gasteiger partial charge in [-0.2, -0.15) is 0 Å². The average Bonchev–Trinajstić information content (AvgIpc) is 2.74. The normalized spacial score (nSPS) is 21.4. The van der Waals surface area contributed by atoms with Gasteiger partial charge in [0, 0.05) is 11.1 Å². The smallest absolute Gasteiger partial charge is 0.325 e. The monoisotopic (exact) mass is 406 g/mol. The molecule has 0 spiro atoms. The van der Waals surface area contributed by atoms with Gasteiger partial charge in [-0.25, -0.2) is 0 Å². The van der Waals surface area contributed by atoms with Crippen LogP contribution in [0, 0.1) is 23.7 Å². The SMILES string of the molecule is CC1CCC(C(C)C)C(OC(=O)C(C(=O)c2ccccc2)C(=O)c2ccccc2)C1. The van der Waals surface area contributed by atoms with E-state index >= 15 is 0 Å². The van der Waals surface area contributed by atoms with Gasteiger partial charge in [-0.05, 0) is 30.6 Å². The van der Waals surface area contributed by atoms with Crippen molar-refractivity contribution in [3.63, 3.8) is 0 Å². The van der Waals surface area contributed by atoms with Crippen molar-refractivity contribution >= 4 is 17.5 Å². The number of ether oxygens (including phenoxy) is 1. The van der Waals surface area contributed by atoms with Gasteiger partial charge >= 0.3 is 5.97 Å². The second-order valence-corrected chi connectivity index (χ2v) is 8.69. The maximum atomic E-state index is 13.3. The van der Waals surface area contributed by atoms with Crippen molar-refractivity contribution in [1.29, 1.82) is 0 Å². The van der Waals surface area contributed by atoms with E-state index in [1.807, 2.05) is 0 Å². The van der Waals surface area contributed by atoms with Crippen LogP contribution in [0.5, 0.6) is 0 Å². The van der Waals surface area contributed by atoms with E-state index in [-0.39, 0.29) is 12.0 Å². The van der Waals surface area contributed by atoms with Gasteiger partial charge in [-0.1, -0.05) is 87.9 Å². The summed E-state index contributed by atoms with van der Waals surface area (Å²) in [5.74, 6) is -2.19. The van der Waals surface area contributed by atoms with Crippen molar-refractivity contribution in [2.75, 3.05) is 0 Å². The number of esters is 1. The first-order valence-electron chi connectivity index (χ1n) is 10.8. The molecule has 3 rings (SSSR count). The molecule has 0 saturated heterocycles. The Morgan fingerprint density at radius 1 is 0.833 bits per heavy atom. The number of Topliss-reactive ketones (excluding diaryl/α,β-unsaturated/α-hetero) is 2. The highest BCUT2D eigenvalue weighted by atomic mass is 16.5. The molecule has 0 N–H and O–H groups in total. The standard InChI is InChI=1S/C26H30O4/c1-17(2)21-15-14-18(3)16-22(21)30-26(29)23(24(27)19-10-6-4-7-11-19)25(28)20-12-8-5-9-13-20/h4-13,17-18,21-23H,14-16H2,1-3H3. The van der Waals surface area contributed by atoms with Gasteiger partial charge < -0.3 is 4.74 Å². The van der Waals surface area contributed by atoms with Crippen LogP contribution in [-0.4, -0.2) is 23.6 Å². The minimum absolute atomic E-state index is 0.240. The number of hydrogen-bond acceptors (Lipinski definition) is 4. The van der Waals surface area contributed by atoms with Crippen molar-refractivity contribution in [1.82, 2.24) is 0 Å². The fourth-order valence-electron chi connectivity index (χ4n) is 4.34. The molecule has 3 unspecified atom stereocenters. The molecular formula is C26H30O4. The number of rotatable bonds is 7. The molecular weight excluding hydrogens is 376 g/mol. The molecule has 0 bridgehead atoms. The van der Waals surface area contributed by atoms with Crippen LogP contribution in [0.1, 0.15) is 60.7 Å². The average molecular weight is 407 g/mol. The first kappa shape index (κ1) is 21.9. The molecule has 4 nitrogen and oxygen atoms in total. The number of carbonyl (C=O) groups is 3. The molecule has 4 heteroatoms. The molecule has 0 amide bonds. The minimum Gasteiger partial charge on any atom is -0.461 e. The Hall–Kier alpha value is -2.75. The van der Waals surface area contributed by atoms with Crippen LogP contribution in [0.4, 0.5) is 0 Å². The first-order chi connectivity index (χ1) is 14.4. The predicted octanol–water partition coefficient (Wildman–Crippen LogP) is 5.37. The van der Waals surface area contributed by atoms with Crippen LogP contribution in [0.2, 0.25) is 0 Å². The highest BCUT2D eigenvalue weighted by molar-refractivity contribution is 6.26. The Labute approximate surface area is 178 Å². The molecule has 0 heterocycles. The molecule has 30 heavy (non-hydrogen) atoms. The van der Waals surface area contributed by atoms with Gasteiger partial charge in [0.1, 0.15) is 6.10 Å². The Morgan fingerprint density at radius 2 is 1.33 bits per heavy atom. The van der Waals surface area contributed by atoms with Gasteiger partial charge in [0.25, 0.3) is 0 Å². The quantitative estimate of drug-likeness (QED) is 0.352. The van der Waals surface area contributed by atoms with E-state index in [9.17, 15) is 14.4 Å². The van der Waals surface area contributed by atoms with Crippen LogP contribution < -0.4 is 0 Å². The summed E-state index contributed by atoms with van der Waals surface area (Å²) in [6, 6.07) is 17.0. The minimum atomic E-state index is -1.49. The Morgan fingerprint density at radius 3 is 1.80 bits per heavy atom. The van der Waals surface area contributed by atoms with E-state index < -0.39 is 23.5 Å². The molecule has 0 aromatic heterocycles. The first-order valence-corrected chi connectivity index (χ1v) is 10.8. The fourth-order valence-corrected chi connectivity index (χ4v) is 4.34. The van der Waals surface area contributed by atoms with Gasteiger partial charge in [0.05, 0.1) is 0 Å². The highest BCUT2D eigenvalue weighted by Gasteiger charge is 2.40. The maximum Gasteiger partial charge on any atom is 0.325 e. The van der Waals surface area contributed by atoms with Crippen molar-refractivity contribution in [3.05, 3.63) is 71.8 Å². The highest BCUT2D eigenvalue weighted by Crippen LogP contribution is 2.36. The van der Waals surface area contributed by atoms with Crippen molar-refractivity contribution in [2.24, 2.45) is 23.7 Å². The third-order valence-corrected chi connectivity index (χ3v) is 6.11. The van der Waals surface area contributed by atoms with E-state index in [0.29, 0.717) is 23.0 Å². The Kier molecular flexibility index (Phi) is 7.20. The zero-order chi connectivity index (χ0) is 21.7. The van der Waals surface area contributed by atoms with Crippen molar-refractivity contribution < 1.29 is 19.1 Å². The summed E-state index contributed by atoms with van der Waals surface area (Å²) in [7, 11) is 0. The lowest BCUT2D eigenvalue weighted by Crippen LogP contribution is -2.41. The summed E-state index contributed by atoms with van der Waals surface area (Å²) in [5.41, 5.74) is 0.669. The van der Waals surface area contributed by atoms with Gasteiger partial charge in [0.2, 0.25) is 0 Å². The molecule has 1 saturated carbocycles. The lowest BCUT2D eigenvalue weighted by atomic mass is 9.75. The summed E-state index contributed by atoms with van der Waals surface area (Å²) in [6.07, 6.45) is 2.59. The summed E-state index contributed by atoms with van der Waals surface area (Å²) in [4.78, 5) is 39.7. The third kappa shape index (κ3) is 5.05. The maximum absolute atomic E-state index is 13.3. The summed E-state index contributed by atoms with van der Waals surface area (Å²) >= 11 is 0. The molecule has 0 radical (unpaired) electrons. The predicted molar refractivity (Wildman–Crippen MR) is 116 cm³/mol. The van der Waals surface area contributed by atoms with Crippen LogP contribution in [0.15, 0.2) is 60.7 Å². The summed E-state index contributed by atoms with van der Waals surface area (Å²) in [6.45, 7) is 6.41. The molecule has 1 fully saturated rings. The lowest BCUT2D eigenvalue weighted by molar-refractivity contribution is -0.157.